The van der Waals surface area contributed by atoms with Crippen molar-refractivity contribution in [3.63, 3.8) is 0 Å². The average molecular weight is 283 g/mol. The molecule has 4 nitrogen and oxygen atoms in total. The van der Waals surface area contributed by atoms with Gasteiger partial charge in [0.15, 0.2) is 0 Å². The van der Waals surface area contributed by atoms with Crippen LogP contribution in [0.5, 0.6) is 5.88 Å². The molecule has 1 heterocycles. The number of nitrogens with zero attached hydrogens (tertiary/aromatic N) is 2. The van der Waals surface area contributed by atoms with Crippen molar-refractivity contribution in [3.05, 3.63) is 53.7 Å². The zero-order valence-corrected chi connectivity index (χ0v) is 12.5. The molecular formula is C17H21N3O. The molecule has 2 aromatic rings. The summed E-state index contributed by atoms with van der Waals surface area (Å²) in [5, 5.41) is 12.0. The fraction of sp³-hybridized carbons (Fsp3) is 0.412. The summed E-state index contributed by atoms with van der Waals surface area (Å²) in [6.45, 7) is 3.06. The fourth-order valence-electron chi connectivity index (χ4n) is 2.97. The first-order valence-electron chi connectivity index (χ1n) is 7.49. The van der Waals surface area contributed by atoms with Crippen LogP contribution in [0.4, 0.5) is 0 Å². The summed E-state index contributed by atoms with van der Waals surface area (Å²) < 4.78 is 5.08. The minimum Gasteiger partial charge on any atom is -0.480 e. The lowest BCUT2D eigenvalue weighted by molar-refractivity contribution is 0.387. The van der Waals surface area contributed by atoms with E-state index in [0.717, 1.165) is 12.2 Å². The van der Waals surface area contributed by atoms with E-state index >= 15 is 0 Å². The van der Waals surface area contributed by atoms with Crippen LogP contribution in [0.15, 0.2) is 42.5 Å². The number of aromatic nitrogens is 2. The molecule has 0 aliphatic heterocycles. The zero-order chi connectivity index (χ0) is 14.7. The molecule has 1 N–H and O–H groups in total. The standard InChI is InChI=1S/C17H21N3O/c1-3-18-17(15-9-10-16(21-2)20-19-15)14-11-13(14)12-7-5-4-6-8-12/h4-10,13-14,17-18H,3,11H2,1-2H3. The number of nitrogens with one attached hydrogen (secondary N) is 1. The Hall–Kier alpha value is -1.94. The predicted molar refractivity (Wildman–Crippen MR) is 82.3 cm³/mol. The van der Waals surface area contributed by atoms with Crippen LogP contribution in [-0.4, -0.2) is 23.9 Å². The summed E-state index contributed by atoms with van der Waals surface area (Å²) >= 11 is 0. The van der Waals surface area contributed by atoms with Gasteiger partial charge in [-0.25, -0.2) is 0 Å². The van der Waals surface area contributed by atoms with Gasteiger partial charge in [0.25, 0.3) is 0 Å². The molecule has 1 aliphatic rings. The maximum Gasteiger partial charge on any atom is 0.233 e. The van der Waals surface area contributed by atoms with E-state index in [2.05, 4.69) is 52.8 Å². The summed E-state index contributed by atoms with van der Waals surface area (Å²) in [4.78, 5) is 0. The topological polar surface area (TPSA) is 47.0 Å². The minimum absolute atomic E-state index is 0.263. The molecule has 1 fully saturated rings. The highest BCUT2D eigenvalue weighted by Gasteiger charge is 2.44. The molecule has 1 aliphatic carbocycles. The van der Waals surface area contributed by atoms with E-state index in [-0.39, 0.29) is 6.04 Å². The number of benzene rings is 1. The van der Waals surface area contributed by atoms with Gasteiger partial charge in [-0.1, -0.05) is 37.3 Å². The van der Waals surface area contributed by atoms with Crippen molar-refractivity contribution in [2.75, 3.05) is 13.7 Å². The van der Waals surface area contributed by atoms with E-state index in [9.17, 15) is 0 Å². The molecule has 0 spiro atoms. The molecule has 0 bridgehead atoms. The van der Waals surface area contributed by atoms with Gasteiger partial charge >= 0.3 is 0 Å². The Morgan fingerprint density at radius 2 is 2.00 bits per heavy atom. The lowest BCUT2D eigenvalue weighted by Gasteiger charge is -2.17. The normalized spacial score (nSPS) is 21.8. The third-order valence-corrected chi connectivity index (χ3v) is 4.11. The maximum absolute atomic E-state index is 5.08. The highest BCUT2D eigenvalue weighted by molar-refractivity contribution is 5.28. The summed E-state index contributed by atoms with van der Waals surface area (Å²) in [5.74, 6) is 1.78. The third-order valence-electron chi connectivity index (χ3n) is 4.11. The average Bonchev–Trinajstić information content (AvgIpc) is 3.34. The van der Waals surface area contributed by atoms with Gasteiger partial charge < -0.3 is 10.1 Å². The Labute approximate surface area is 125 Å². The summed E-state index contributed by atoms with van der Waals surface area (Å²) in [7, 11) is 1.61. The quantitative estimate of drug-likeness (QED) is 0.885. The van der Waals surface area contributed by atoms with E-state index in [4.69, 9.17) is 4.74 Å². The second kappa shape index (κ2) is 6.22. The van der Waals surface area contributed by atoms with Crippen molar-refractivity contribution in [2.45, 2.75) is 25.3 Å². The lowest BCUT2D eigenvalue weighted by Crippen LogP contribution is -2.24. The van der Waals surface area contributed by atoms with Crippen molar-refractivity contribution in [1.82, 2.24) is 15.5 Å². The SMILES string of the molecule is CCNC(c1ccc(OC)nn1)C1CC1c1ccccc1. The van der Waals surface area contributed by atoms with E-state index in [0.29, 0.717) is 17.7 Å². The van der Waals surface area contributed by atoms with Crippen LogP contribution >= 0.6 is 0 Å². The van der Waals surface area contributed by atoms with Crippen LogP contribution in [-0.2, 0) is 0 Å². The molecule has 1 aromatic carbocycles. The second-order valence-electron chi connectivity index (χ2n) is 5.45. The lowest BCUT2D eigenvalue weighted by atomic mass is 10.0. The molecule has 4 heteroatoms. The molecule has 1 saturated carbocycles. The monoisotopic (exact) mass is 283 g/mol. The first kappa shape index (κ1) is 14.0. The molecule has 1 aromatic heterocycles. The first-order valence-corrected chi connectivity index (χ1v) is 7.49. The largest absolute Gasteiger partial charge is 0.480 e. The van der Waals surface area contributed by atoms with Crippen LogP contribution in [0.1, 0.15) is 36.6 Å². The van der Waals surface area contributed by atoms with Gasteiger partial charge in [0, 0.05) is 6.07 Å². The van der Waals surface area contributed by atoms with Gasteiger partial charge in [-0.15, -0.1) is 5.10 Å². The van der Waals surface area contributed by atoms with Gasteiger partial charge in [0.2, 0.25) is 5.88 Å². The molecular weight excluding hydrogens is 262 g/mol. The molecule has 110 valence electrons. The summed E-state index contributed by atoms with van der Waals surface area (Å²) in [5.41, 5.74) is 2.42. The number of methoxy groups -OCH3 is 1. The molecule has 3 rings (SSSR count). The number of ether oxygens (including phenoxy) is 1. The minimum atomic E-state index is 0.263. The van der Waals surface area contributed by atoms with E-state index in [1.54, 1.807) is 7.11 Å². The van der Waals surface area contributed by atoms with Gasteiger partial charge in [0.1, 0.15) is 0 Å². The van der Waals surface area contributed by atoms with Crippen molar-refractivity contribution in [3.8, 4) is 5.88 Å². The van der Waals surface area contributed by atoms with Gasteiger partial charge in [-0.2, -0.15) is 5.10 Å². The summed E-state index contributed by atoms with van der Waals surface area (Å²) in [6, 6.07) is 14.9. The molecule has 3 atom stereocenters. The Balaban J connectivity index is 1.76. The van der Waals surface area contributed by atoms with Crippen LogP contribution in [0.25, 0.3) is 0 Å². The maximum atomic E-state index is 5.08. The first-order chi connectivity index (χ1) is 10.3. The Morgan fingerprint density at radius 3 is 2.62 bits per heavy atom. The highest BCUT2D eigenvalue weighted by atomic mass is 16.5. The smallest absolute Gasteiger partial charge is 0.233 e. The second-order valence-corrected chi connectivity index (χ2v) is 5.45. The van der Waals surface area contributed by atoms with Crippen molar-refractivity contribution >= 4 is 0 Å². The van der Waals surface area contributed by atoms with Crippen LogP contribution in [0, 0.1) is 5.92 Å². The molecule has 3 unspecified atom stereocenters. The van der Waals surface area contributed by atoms with Crippen molar-refractivity contribution < 1.29 is 4.74 Å². The number of hydrogen-bond donors (Lipinski definition) is 1. The van der Waals surface area contributed by atoms with Gasteiger partial charge in [-0.05, 0) is 36.4 Å². The van der Waals surface area contributed by atoms with Crippen LogP contribution in [0.3, 0.4) is 0 Å². The molecule has 0 amide bonds. The number of hydrogen-bond acceptors (Lipinski definition) is 4. The van der Waals surface area contributed by atoms with Crippen LogP contribution < -0.4 is 10.1 Å². The van der Waals surface area contributed by atoms with Crippen LogP contribution in [0.2, 0.25) is 0 Å². The fourth-order valence-corrected chi connectivity index (χ4v) is 2.97. The van der Waals surface area contributed by atoms with E-state index in [1.807, 2.05) is 12.1 Å². The van der Waals surface area contributed by atoms with Gasteiger partial charge in [-0.3, -0.25) is 0 Å². The molecule has 21 heavy (non-hydrogen) atoms. The number of rotatable bonds is 6. The van der Waals surface area contributed by atoms with Crippen molar-refractivity contribution in [2.24, 2.45) is 5.92 Å². The Bertz CT molecular complexity index is 570. The van der Waals surface area contributed by atoms with E-state index in [1.165, 1.54) is 12.0 Å². The Kier molecular flexibility index (Phi) is 4.15. The predicted octanol–water partition coefficient (Wildman–Crippen LogP) is 2.94. The summed E-state index contributed by atoms with van der Waals surface area (Å²) in [6.07, 6.45) is 1.20. The zero-order valence-electron chi connectivity index (χ0n) is 12.5. The highest BCUT2D eigenvalue weighted by Crippen LogP contribution is 2.53. The van der Waals surface area contributed by atoms with Gasteiger partial charge in [0.05, 0.1) is 18.8 Å². The van der Waals surface area contributed by atoms with Crippen molar-refractivity contribution in [1.29, 1.82) is 0 Å². The molecule has 0 radical (unpaired) electrons. The van der Waals surface area contributed by atoms with E-state index < -0.39 is 0 Å². The molecule has 0 saturated heterocycles. The Morgan fingerprint density at radius 1 is 1.19 bits per heavy atom. The third kappa shape index (κ3) is 3.05.